The van der Waals surface area contributed by atoms with Crippen molar-refractivity contribution in [2.24, 2.45) is 11.3 Å². The van der Waals surface area contributed by atoms with Crippen LogP contribution < -0.4 is 10.6 Å². The first-order chi connectivity index (χ1) is 8.41. The zero-order valence-corrected chi connectivity index (χ0v) is 11.4. The summed E-state index contributed by atoms with van der Waals surface area (Å²) in [6, 6.07) is 7.90. The highest BCUT2D eigenvalue weighted by molar-refractivity contribution is 5.63. The molecule has 1 aromatic rings. The first-order valence-corrected chi connectivity index (χ1v) is 6.46. The molecule has 1 heterocycles. The Bertz CT molecular complexity index is 479. The molecule has 1 fully saturated rings. The summed E-state index contributed by atoms with van der Waals surface area (Å²) in [6.07, 6.45) is 1.22. The molecule has 0 bridgehead atoms. The molecule has 1 atom stereocenters. The fourth-order valence-electron chi connectivity index (χ4n) is 2.54. The molecule has 0 spiro atoms. The van der Waals surface area contributed by atoms with Crippen LogP contribution in [0.4, 0.5) is 11.4 Å². The van der Waals surface area contributed by atoms with Crippen molar-refractivity contribution in [3.05, 3.63) is 23.8 Å². The number of hydrogen-bond donors (Lipinski definition) is 1. The van der Waals surface area contributed by atoms with Gasteiger partial charge in [0.05, 0.1) is 5.56 Å². The highest BCUT2D eigenvalue weighted by atomic mass is 15.2. The van der Waals surface area contributed by atoms with Crippen molar-refractivity contribution in [1.82, 2.24) is 0 Å². The molecule has 3 heteroatoms. The van der Waals surface area contributed by atoms with Gasteiger partial charge in [0.2, 0.25) is 0 Å². The maximum absolute atomic E-state index is 9.02. The maximum atomic E-state index is 9.02. The number of hydrogen-bond acceptors (Lipinski definition) is 3. The Morgan fingerprint density at radius 2 is 2.11 bits per heavy atom. The van der Waals surface area contributed by atoms with Crippen LogP contribution in [0.15, 0.2) is 18.2 Å². The smallest absolute Gasteiger partial charge is 0.101 e. The van der Waals surface area contributed by atoms with Gasteiger partial charge in [0.15, 0.2) is 0 Å². The largest absolute Gasteiger partial charge is 0.398 e. The van der Waals surface area contributed by atoms with Crippen molar-refractivity contribution < 1.29 is 0 Å². The van der Waals surface area contributed by atoms with Crippen molar-refractivity contribution >= 4 is 11.4 Å². The van der Waals surface area contributed by atoms with Crippen LogP contribution in [0.25, 0.3) is 0 Å². The molecule has 0 radical (unpaired) electrons. The van der Waals surface area contributed by atoms with E-state index in [0.717, 1.165) is 18.8 Å². The average Bonchev–Trinajstić information content (AvgIpc) is 2.78. The van der Waals surface area contributed by atoms with Crippen LogP contribution in [0.1, 0.15) is 32.8 Å². The molecule has 2 N–H and O–H groups in total. The highest BCUT2D eigenvalue weighted by Gasteiger charge is 2.31. The van der Waals surface area contributed by atoms with Crippen molar-refractivity contribution in [3.63, 3.8) is 0 Å². The maximum Gasteiger partial charge on any atom is 0.101 e. The summed E-state index contributed by atoms with van der Waals surface area (Å²) < 4.78 is 0. The van der Waals surface area contributed by atoms with E-state index in [1.54, 1.807) is 0 Å². The molecular weight excluding hydrogens is 222 g/mol. The first-order valence-electron chi connectivity index (χ1n) is 6.46. The summed E-state index contributed by atoms with van der Waals surface area (Å²) in [7, 11) is 0. The molecule has 1 aliphatic heterocycles. The molecule has 1 aromatic carbocycles. The van der Waals surface area contributed by atoms with Gasteiger partial charge in [-0.2, -0.15) is 5.26 Å². The minimum absolute atomic E-state index is 0.348. The average molecular weight is 243 g/mol. The molecule has 0 saturated carbocycles. The molecule has 18 heavy (non-hydrogen) atoms. The van der Waals surface area contributed by atoms with Gasteiger partial charge in [0, 0.05) is 24.5 Å². The lowest BCUT2D eigenvalue weighted by atomic mass is 9.80. The molecular formula is C15H21N3. The molecule has 1 unspecified atom stereocenters. The van der Waals surface area contributed by atoms with Crippen LogP contribution in [-0.4, -0.2) is 13.1 Å². The van der Waals surface area contributed by atoms with Crippen LogP contribution in [-0.2, 0) is 0 Å². The van der Waals surface area contributed by atoms with Gasteiger partial charge in [-0.3, -0.25) is 0 Å². The summed E-state index contributed by atoms with van der Waals surface area (Å²) in [5.74, 6) is 0.709. The van der Waals surface area contributed by atoms with Crippen molar-refractivity contribution in [2.45, 2.75) is 27.2 Å². The zero-order valence-electron chi connectivity index (χ0n) is 11.4. The lowest BCUT2D eigenvalue weighted by Gasteiger charge is -2.27. The van der Waals surface area contributed by atoms with E-state index in [2.05, 4.69) is 31.7 Å². The van der Waals surface area contributed by atoms with Crippen LogP contribution in [0.2, 0.25) is 0 Å². The number of nitrogen functional groups attached to an aromatic ring is 1. The lowest BCUT2D eigenvalue weighted by Crippen LogP contribution is -2.25. The van der Waals surface area contributed by atoms with Gasteiger partial charge >= 0.3 is 0 Å². The number of nitrogens with two attached hydrogens (primary N) is 1. The van der Waals surface area contributed by atoms with E-state index in [-0.39, 0.29) is 0 Å². The molecule has 3 nitrogen and oxygen atoms in total. The number of anilines is 2. The quantitative estimate of drug-likeness (QED) is 0.771. The SMILES string of the molecule is CC(C)(C)C1CCN(c2ccc(N)c(C#N)c2)C1. The van der Waals surface area contributed by atoms with Gasteiger partial charge in [-0.25, -0.2) is 0 Å². The Hall–Kier alpha value is -1.69. The predicted molar refractivity (Wildman–Crippen MR) is 75.3 cm³/mol. The Labute approximate surface area is 109 Å². The number of nitriles is 1. The summed E-state index contributed by atoms with van der Waals surface area (Å²) >= 11 is 0. The van der Waals surface area contributed by atoms with Gasteiger partial charge in [-0.15, -0.1) is 0 Å². The fraction of sp³-hybridized carbons (Fsp3) is 0.533. The zero-order chi connectivity index (χ0) is 13.3. The topological polar surface area (TPSA) is 53.0 Å². The number of benzene rings is 1. The van der Waals surface area contributed by atoms with Gasteiger partial charge < -0.3 is 10.6 Å². The minimum atomic E-state index is 0.348. The summed E-state index contributed by atoms with van der Waals surface area (Å²) in [6.45, 7) is 9.02. The summed E-state index contributed by atoms with van der Waals surface area (Å²) in [4.78, 5) is 2.36. The van der Waals surface area contributed by atoms with E-state index in [1.165, 1.54) is 6.42 Å². The molecule has 1 aliphatic rings. The number of nitrogens with zero attached hydrogens (tertiary/aromatic N) is 2. The van der Waals surface area contributed by atoms with Crippen LogP contribution in [0.5, 0.6) is 0 Å². The Balaban J connectivity index is 2.18. The molecule has 1 saturated heterocycles. The normalized spacial score (nSPS) is 19.9. The molecule has 0 aromatic heterocycles. The van der Waals surface area contributed by atoms with Gasteiger partial charge in [0.25, 0.3) is 0 Å². The van der Waals surface area contributed by atoms with Gasteiger partial charge in [0.1, 0.15) is 6.07 Å². The molecule has 96 valence electrons. The monoisotopic (exact) mass is 243 g/mol. The van der Waals surface area contributed by atoms with Crippen molar-refractivity contribution in [3.8, 4) is 6.07 Å². The third-order valence-corrected chi connectivity index (χ3v) is 3.94. The highest BCUT2D eigenvalue weighted by Crippen LogP contribution is 2.36. The second-order valence-electron chi connectivity index (χ2n) is 6.18. The van der Waals surface area contributed by atoms with Crippen LogP contribution >= 0.6 is 0 Å². The Kier molecular flexibility index (Phi) is 3.21. The van der Waals surface area contributed by atoms with E-state index in [0.29, 0.717) is 22.6 Å². The molecule has 0 amide bonds. The lowest BCUT2D eigenvalue weighted by molar-refractivity contribution is 0.263. The third-order valence-electron chi connectivity index (χ3n) is 3.94. The van der Waals surface area contributed by atoms with Crippen LogP contribution in [0.3, 0.4) is 0 Å². The molecule has 0 aliphatic carbocycles. The third kappa shape index (κ3) is 2.43. The second-order valence-corrected chi connectivity index (χ2v) is 6.18. The van der Waals surface area contributed by atoms with Gasteiger partial charge in [-0.1, -0.05) is 20.8 Å². The van der Waals surface area contributed by atoms with Crippen molar-refractivity contribution in [2.75, 3.05) is 23.7 Å². The van der Waals surface area contributed by atoms with E-state index in [9.17, 15) is 0 Å². The number of rotatable bonds is 1. The second kappa shape index (κ2) is 4.53. The van der Waals surface area contributed by atoms with Crippen LogP contribution in [0, 0.1) is 22.7 Å². The van der Waals surface area contributed by atoms with Crippen molar-refractivity contribution in [1.29, 1.82) is 5.26 Å². The fourth-order valence-corrected chi connectivity index (χ4v) is 2.54. The van der Waals surface area contributed by atoms with E-state index < -0.39 is 0 Å². The summed E-state index contributed by atoms with van der Waals surface area (Å²) in [5, 5.41) is 9.02. The minimum Gasteiger partial charge on any atom is -0.398 e. The molecule has 2 rings (SSSR count). The van der Waals surface area contributed by atoms with E-state index in [1.807, 2.05) is 18.2 Å². The van der Waals surface area contributed by atoms with Gasteiger partial charge in [-0.05, 0) is 36.0 Å². The Morgan fingerprint density at radius 3 is 2.67 bits per heavy atom. The van der Waals surface area contributed by atoms with E-state index >= 15 is 0 Å². The summed E-state index contributed by atoms with van der Waals surface area (Å²) in [5.41, 5.74) is 8.36. The first kappa shape index (κ1) is 12.8. The predicted octanol–water partition coefficient (Wildman–Crippen LogP) is 3.01. The Morgan fingerprint density at radius 1 is 1.39 bits per heavy atom. The standard InChI is InChI=1S/C15H21N3/c1-15(2,3)12-6-7-18(10-12)13-4-5-14(17)11(8-13)9-16/h4-5,8,12H,6-7,10,17H2,1-3H3. The van der Waals surface area contributed by atoms with E-state index in [4.69, 9.17) is 11.0 Å².